The van der Waals surface area contributed by atoms with Crippen molar-refractivity contribution in [1.82, 2.24) is 4.90 Å². The van der Waals surface area contributed by atoms with Crippen LogP contribution in [0.5, 0.6) is 0 Å². The lowest BCUT2D eigenvalue weighted by molar-refractivity contribution is -0.227. The number of aliphatic hydroxyl groups excluding tert-OH is 1. The van der Waals surface area contributed by atoms with Crippen LogP contribution < -0.4 is 4.90 Å². The van der Waals surface area contributed by atoms with E-state index in [2.05, 4.69) is 33.8 Å². The largest absolute Gasteiger partial charge is 0.460 e. The van der Waals surface area contributed by atoms with Crippen molar-refractivity contribution in [2.75, 3.05) is 18.1 Å². The number of allylic oxidation sites excluding steroid dienone is 1. The van der Waals surface area contributed by atoms with Crippen LogP contribution in [0.3, 0.4) is 0 Å². The Morgan fingerprint density at radius 2 is 1.91 bits per heavy atom. The molecule has 4 unspecified atom stereocenters. The molecule has 9 heteroatoms. The molecule has 1 N–H and O–H groups in total. The van der Waals surface area contributed by atoms with Gasteiger partial charge in [-0.15, -0.1) is 0 Å². The van der Waals surface area contributed by atoms with Gasteiger partial charge < -0.3 is 19.5 Å². The Morgan fingerprint density at radius 3 is 2.63 bits per heavy atom. The van der Waals surface area contributed by atoms with Gasteiger partial charge in [0.25, 0.3) is 5.91 Å². The average molecular weight is 595 g/mol. The summed E-state index contributed by atoms with van der Waals surface area (Å²) in [6.07, 6.45) is 4.72. The number of rotatable bonds is 4. The maximum atomic E-state index is 13.8. The molecule has 8 nitrogen and oxygen atoms in total. The molecule has 0 aromatic heterocycles. The molecule has 3 aliphatic carbocycles. The zero-order valence-electron chi connectivity index (χ0n) is 25.5. The van der Waals surface area contributed by atoms with E-state index >= 15 is 0 Å². The van der Waals surface area contributed by atoms with E-state index in [1.54, 1.807) is 17.0 Å². The Morgan fingerprint density at radius 1 is 1.16 bits per heavy atom. The molecule has 3 amide bonds. The fourth-order valence-corrected chi connectivity index (χ4v) is 10.7. The minimum Gasteiger partial charge on any atom is -0.460 e. The molecule has 2 bridgehead atoms. The van der Waals surface area contributed by atoms with Gasteiger partial charge in [-0.25, -0.2) is 18.9 Å². The molecular formula is C34H43FN2O6. The predicted octanol–water partition coefficient (Wildman–Crippen LogP) is 5.04. The number of anilines is 1. The first-order valence-electron chi connectivity index (χ1n) is 16.0. The summed E-state index contributed by atoms with van der Waals surface area (Å²) in [7, 11) is 0. The van der Waals surface area contributed by atoms with E-state index in [4.69, 9.17) is 9.47 Å². The Kier molecular flexibility index (Phi) is 6.64. The van der Waals surface area contributed by atoms with Gasteiger partial charge in [0.1, 0.15) is 18.2 Å². The molecule has 7 rings (SSSR count). The molecule has 0 spiro atoms. The number of para-hydroxylation sites is 1. The lowest BCUT2D eigenvalue weighted by Crippen LogP contribution is -2.67. The summed E-state index contributed by atoms with van der Waals surface area (Å²) >= 11 is 0. The highest BCUT2D eigenvalue weighted by molar-refractivity contribution is 6.21. The Hall–Kier alpha value is -2.78. The van der Waals surface area contributed by atoms with E-state index < -0.39 is 41.7 Å². The Balaban J connectivity index is 1.30. The van der Waals surface area contributed by atoms with Crippen molar-refractivity contribution in [3.05, 3.63) is 42.0 Å². The summed E-state index contributed by atoms with van der Waals surface area (Å²) in [5.41, 5.74) is 0.365. The normalized spacial score (nSPS) is 45.3. The molecule has 5 fully saturated rings. The van der Waals surface area contributed by atoms with Crippen LogP contribution in [-0.4, -0.2) is 71.6 Å². The number of halogens is 1. The van der Waals surface area contributed by atoms with Crippen molar-refractivity contribution in [2.45, 2.75) is 96.7 Å². The van der Waals surface area contributed by atoms with Crippen LogP contribution in [0.25, 0.3) is 0 Å². The monoisotopic (exact) mass is 594 g/mol. The van der Waals surface area contributed by atoms with Gasteiger partial charge in [0.05, 0.1) is 17.9 Å². The highest BCUT2D eigenvalue weighted by Gasteiger charge is 2.79. The average Bonchev–Trinajstić information content (AvgIpc) is 3.81. The van der Waals surface area contributed by atoms with Crippen molar-refractivity contribution in [3.63, 3.8) is 0 Å². The molecule has 2 saturated heterocycles. The zero-order valence-corrected chi connectivity index (χ0v) is 25.5. The Bertz CT molecular complexity index is 1370. The van der Waals surface area contributed by atoms with Crippen LogP contribution in [0.4, 0.5) is 14.9 Å². The molecule has 232 valence electrons. The molecule has 11 atom stereocenters. The number of nitrogens with zero attached hydrogens (tertiary/aromatic N) is 2. The standard InChI is InChI=1S/C34H43FN2O6/c1-19-13-14-34-16-25(38)28-29(43-28)33(34,4)32(19,3)26(42-27(39)17-35)15-23(20(34)2)21-9-8-12-24-30(40)37(31(41)36(24)18-21)22-10-6-5-7-11-22/h5-7,9-11,19-20,23-26,28-29,38H,8,12-18H2,1-4H3/t19?,20-,23+,24?,25-,26+,28?,29?,32-,33-,34-/m0/s1. The van der Waals surface area contributed by atoms with Crippen LogP contribution >= 0.6 is 0 Å². The molecule has 43 heavy (non-hydrogen) atoms. The van der Waals surface area contributed by atoms with Gasteiger partial charge in [-0.05, 0) is 73.8 Å². The van der Waals surface area contributed by atoms with Gasteiger partial charge in [-0.2, -0.15) is 0 Å². The number of hydrogen-bond acceptors (Lipinski definition) is 6. The number of urea groups is 1. The zero-order chi connectivity index (χ0) is 30.5. The third-order valence-electron chi connectivity index (χ3n) is 13.3. The second-order valence-corrected chi connectivity index (χ2v) is 14.4. The van der Waals surface area contributed by atoms with Crippen molar-refractivity contribution < 1.29 is 33.4 Å². The number of ether oxygens (including phenoxy) is 2. The van der Waals surface area contributed by atoms with Crippen LogP contribution in [0.2, 0.25) is 0 Å². The number of carbonyl (C=O) groups is 3. The van der Waals surface area contributed by atoms with Crippen molar-refractivity contribution in [2.24, 2.45) is 34.0 Å². The van der Waals surface area contributed by atoms with Gasteiger partial charge in [-0.1, -0.05) is 57.5 Å². The molecule has 0 radical (unpaired) electrons. The number of amides is 3. The minimum absolute atomic E-state index is 0.0552. The summed E-state index contributed by atoms with van der Waals surface area (Å²) in [6.45, 7) is 8.05. The van der Waals surface area contributed by atoms with Crippen LogP contribution in [0, 0.1) is 34.0 Å². The number of hydrogen-bond donors (Lipinski definition) is 1. The third kappa shape index (κ3) is 3.76. The molecule has 1 aromatic rings. The lowest BCUT2D eigenvalue weighted by Gasteiger charge is -2.67. The predicted molar refractivity (Wildman–Crippen MR) is 157 cm³/mol. The van der Waals surface area contributed by atoms with Gasteiger partial charge in [-0.3, -0.25) is 4.79 Å². The molecule has 3 aliphatic heterocycles. The maximum Gasteiger partial charge on any atom is 0.337 e. The first kappa shape index (κ1) is 29.0. The lowest BCUT2D eigenvalue weighted by atomic mass is 9.36. The van der Waals surface area contributed by atoms with Crippen molar-refractivity contribution in [3.8, 4) is 0 Å². The van der Waals surface area contributed by atoms with Gasteiger partial charge >= 0.3 is 12.0 Å². The quantitative estimate of drug-likeness (QED) is 0.227. The fraction of sp³-hybridized carbons (Fsp3) is 0.676. The van der Waals surface area contributed by atoms with E-state index in [1.807, 2.05) is 18.2 Å². The van der Waals surface area contributed by atoms with E-state index in [-0.39, 0.29) is 47.3 Å². The molecule has 1 aromatic carbocycles. The van der Waals surface area contributed by atoms with Crippen LogP contribution in [0.15, 0.2) is 42.0 Å². The maximum absolute atomic E-state index is 13.8. The highest BCUT2D eigenvalue weighted by Crippen LogP contribution is 2.77. The van der Waals surface area contributed by atoms with Crippen molar-refractivity contribution >= 4 is 23.6 Å². The first-order chi connectivity index (χ1) is 20.5. The first-order valence-corrected chi connectivity index (χ1v) is 16.0. The number of benzene rings is 1. The number of epoxide rings is 1. The number of esters is 1. The number of imide groups is 1. The smallest absolute Gasteiger partial charge is 0.337 e. The van der Waals surface area contributed by atoms with E-state index in [9.17, 15) is 23.9 Å². The number of fused-ring (bicyclic) bond motifs is 2. The van der Waals surface area contributed by atoms with E-state index in [1.165, 1.54) is 4.90 Å². The van der Waals surface area contributed by atoms with Crippen LogP contribution in [-0.2, 0) is 19.1 Å². The van der Waals surface area contributed by atoms with Gasteiger partial charge in [0, 0.05) is 17.4 Å². The third-order valence-corrected chi connectivity index (χ3v) is 13.3. The molecule has 3 heterocycles. The number of aliphatic hydroxyl groups is 1. The summed E-state index contributed by atoms with van der Waals surface area (Å²) in [4.78, 5) is 43.0. The summed E-state index contributed by atoms with van der Waals surface area (Å²) in [5, 5.41) is 11.3. The van der Waals surface area contributed by atoms with Gasteiger partial charge in [0.2, 0.25) is 0 Å². The second-order valence-electron chi connectivity index (χ2n) is 14.4. The Labute approximate surface area is 252 Å². The minimum atomic E-state index is -1.19. The molecular weight excluding hydrogens is 551 g/mol. The number of carbonyl (C=O) groups excluding carboxylic acids is 3. The molecule has 6 aliphatic rings. The summed E-state index contributed by atoms with van der Waals surface area (Å²) in [6, 6.07) is 8.19. The topological polar surface area (TPSA) is 99.7 Å². The highest BCUT2D eigenvalue weighted by atomic mass is 19.1. The summed E-state index contributed by atoms with van der Waals surface area (Å²) in [5.74, 6) is -0.924. The fourth-order valence-electron chi connectivity index (χ4n) is 10.7. The summed E-state index contributed by atoms with van der Waals surface area (Å²) < 4.78 is 26.0. The SMILES string of the molecule is CC1CC[C@@]23C[C@H](O)C4OC4[C@@]2(C)[C@]1(C)[C@H](OC(=O)CF)C[C@@H](C1=CCCC2C(=O)N(c4ccccc4)C(=O)N2C1)[C@@H]3C. The van der Waals surface area contributed by atoms with Gasteiger partial charge in [0.15, 0.2) is 6.67 Å². The second kappa shape index (κ2) is 9.86. The van der Waals surface area contributed by atoms with Crippen LogP contribution in [0.1, 0.15) is 66.2 Å². The van der Waals surface area contributed by atoms with E-state index in [0.717, 1.165) is 18.4 Å². The number of alkyl halides is 1. The van der Waals surface area contributed by atoms with E-state index in [0.29, 0.717) is 37.9 Å². The molecule has 3 saturated carbocycles. The van der Waals surface area contributed by atoms with Crippen molar-refractivity contribution in [1.29, 1.82) is 0 Å².